The SMILES string of the molecule is Cc1ccc(C(=O)Nn2c(CC(=O)NCc3ccccc3)nc3ccccc3c2=O)cc1. The number of benzene rings is 3. The number of carbonyl (C=O) groups excluding carboxylic acids is 2. The summed E-state index contributed by atoms with van der Waals surface area (Å²) in [5.41, 5.74) is 5.00. The standard InChI is InChI=1S/C25H22N4O3/c1-17-11-13-19(14-12-17)24(31)28-29-22(27-21-10-6-5-9-20(21)25(29)32)15-23(30)26-16-18-7-3-2-4-8-18/h2-14H,15-16H2,1H3,(H,26,30)(H,28,31). The summed E-state index contributed by atoms with van der Waals surface area (Å²) >= 11 is 0. The zero-order valence-corrected chi connectivity index (χ0v) is 17.5. The summed E-state index contributed by atoms with van der Waals surface area (Å²) in [6.45, 7) is 2.28. The van der Waals surface area contributed by atoms with Crippen LogP contribution in [0.1, 0.15) is 27.3 Å². The average molecular weight is 426 g/mol. The van der Waals surface area contributed by atoms with E-state index < -0.39 is 11.5 Å². The van der Waals surface area contributed by atoms with Gasteiger partial charge in [-0.25, -0.2) is 9.66 Å². The van der Waals surface area contributed by atoms with Crippen LogP contribution < -0.4 is 16.3 Å². The van der Waals surface area contributed by atoms with Crippen LogP contribution in [0.2, 0.25) is 0 Å². The molecule has 2 amide bonds. The molecule has 0 aliphatic carbocycles. The van der Waals surface area contributed by atoms with E-state index in [0.29, 0.717) is 23.0 Å². The summed E-state index contributed by atoms with van der Waals surface area (Å²) in [6, 6.07) is 23.3. The van der Waals surface area contributed by atoms with Gasteiger partial charge in [0.2, 0.25) is 5.91 Å². The zero-order valence-electron chi connectivity index (χ0n) is 17.5. The lowest BCUT2D eigenvalue weighted by molar-refractivity contribution is -0.120. The fourth-order valence-corrected chi connectivity index (χ4v) is 3.29. The van der Waals surface area contributed by atoms with Gasteiger partial charge in [-0.05, 0) is 36.8 Å². The number of fused-ring (bicyclic) bond motifs is 1. The number of para-hydroxylation sites is 1. The third-order valence-corrected chi connectivity index (χ3v) is 5.02. The van der Waals surface area contributed by atoms with Crippen molar-refractivity contribution in [2.45, 2.75) is 19.9 Å². The second-order valence-electron chi connectivity index (χ2n) is 7.43. The summed E-state index contributed by atoms with van der Waals surface area (Å²) in [7, 11) is 0. The first-order valence-corrected chi connectivity index (χ1v) is 10.2. The van der Waals surface area contributed by atoms with E-state index in [0.717, 1.165) is 15.8 Å². The highest BCUT2D eigenvalue weighted by Gasteiger charge is 2.17. The van der Waals surface area contributed by atoms with Crippen LogP contribution >= 0.6 is 0 Å². The molecule has 0 unspecified atom stereocenters. The smallest absolute Gasteiger partial charge is 0.280 e. The molecule has 0 saturated carbocycles. The van der Waals surface area contributed by atoms with E-state index in [1.807, 2.05) is 49.4 Å². The maximum atomic E-state index is 13.1. The Morgan fingerprint density at radius 1 is 0.906 bits per heavy atom. The van der Waals surface area contributed by atoms with Crippen molar-refractivity contribution in [3.8, 4) is 0 Å². The van der Waals surface area contributed by atoms with Crippen LogP contribution in [0.25, 0.3) is 10.9 Å². The van der Waals surface area contributed by atoms with Crippen molar-refractivity contribution >= 4 is 22.7 Å². The molecule has 160 valence electrons. The van der Waals surface area contributed by atoms with Gasteiger partial charge in [-0.1, -0.05) is 60.2 Å². The molecule has 1 heterocycles. The lowest BCUT2D eigenvalue weighted by Gasteiger charge is -2.15. The molecule has 0 aliphatic rings. The molecule has 32 heavy (non-hydrogen) atoms. The lowest BCUT2D eigenvalue weighted by atomic mass is 10.1. The molecule has 0 spiro atoms. The van der Waals surface area contributed by atoms with Gasteiger partial charge in [-0.15, -0.1) is 0 Å². The molecule has 0 atom stereocenters. The first-order chi connectivity index (χ1) is 15.5. The minimum Gasteiger partial charge on any atom is -0.352 e. The van der Waals surface area contributed by atoms with Crippen molar-refractivity contribution in [2.24, 2.45) is 0 Å². The fourth-order valence-electron chi connectivity index (χ4n) is 3.29. The molecule has 0 aliphatic heterocycles. The summed E-state index contributed by atoms with van der Waals surface area (Å²) in [5.74, 6) is -0.621. The summed E-state index contributed by atoms with van der Waals surface area (Å²) in [4.78, 5) is 42.9. The van der Waals surface area contributed by atoms with E-state index in [2.05, 4.69) is 15.7 Å². The Labute approximate surface area is 184 Å². The van der Waals surface area contributed by atoms with Crippen LogP contribution in [0.15, 0.2) is 83.7 Å². The van der Waals surface area contributed by atoms with Gasteiger partial charge < -0.3 is 5.32 Å². The van der Waals surface area contributed by atoms with Crippen LogP contribution in [0, 0.1) is 6.92 Å². The Hall–Kier alpha value is -4.26. The number of rotatable bonds is 6. The Kier molecular flexibility index (Phi) is 6.07. The number of aryl methyl sites for hydroxylation is 1. The third kappa shape index (κ3) is 4.73. The maximum Gasteiger partial charge on any atom is 0.280 e. The third-order valence-electron chi connectivity index (χ3n) is 5.02. The van der Waals surface area contributed by atoms with Crippen molar-refractivity contribution in [2.75, 3.05) is 5.43 Å². The van der Waals surface area contributed by atoms with Crippen LogP contribution in [-0.2, 0) is 17.8 Å². The first kappa shape index (κ1) is 21.0. The van der Waals surface area contributed by atoms with Crippen LogP contribution in [0.5, 0.6) is 0 Å². The van der Waals surface area contributed by atoms with Gasteiger partial charge in [0, 0.05) is 12.1 Å². The Balaban J connectivity index is 1.62. The molecule has 2 N–H and O–H groups in total. The quantitative estimate of drug-likeness (QED) is 0.496. The molecule has 3 aromatic carbocycles. The van der Waals surface area contributed by atoms with E-state index in [4.69, 9.17) is 0 Å². The largest absolute Gasteiger partial charge is 0.352 e. The monoisotopic (exact) mass is 426 g/mol. The van der Waals surface area contributed by atoms with Gasteiger partial charge in [0.25, 0.3) is 11.5 Å². The second-order valence-corrected chi connectivity index (χ2v) is 7.43. The Bertz CT molecular complexity index is 1330. The van der Waals surface area contributed by atoms with Gasteiger partial charge in [0.15, 0.2) is 0 Å². The van der Waals surface area contributed by atoms with Gasteiger partial charge in [-0.3, -0.25) is 19.8 Å². The van der Waals surface area contributed by atoms with E-state index in [1.165, 1.54) is 0 Å². The van der Waals surface area contributed by atoms with Gasteiger partial charge in [0.1, 0.15) is 5.82 Å². The van der Waals surface area contributed by atoms with Gasteiger partial charge >= 0.3 is 0 Å². The maximum absolute atomic E-state index is 13.1. The summed E-state index contributed by atoms with van der Waals surface area (Å²) < 4.78 is 1.06. The number of nitrogens with one attached hydrogen (secondary N) is 2. The van der Waals surface area contributed by atoms with Gasteiger partial charge in [0.05, 0.1) is 17.3 Å². The van der Waals surface area contributed by atoms with Crippen molar-refractivity contribution in [3.63, 3.8) is 0 Å². The van der Waals surface area contributed by atoms with Crippen molar-refractivity contribution in [1.29, 1.82) is 0 Å². The second kappa shape index (κ2) is 9.26. The Morgan fingerprint density at radius 3 is 2.34 bits per heavy atom. The molecule has 7 heteroatoms. The highest BCUT2D eigenvalue weighted by atomic mass is 16.2. The van der Waals surface area contributed by atoms with E-state index in [9.17, 15) is 14.4 Å². The molecule has 7 nitrogen and oxygen atoms in total. The summed E-state index contributed by atoms with van der Waals surface area (Å²) in [6.07, 6.45) is -0.166. The molecule has 1 aromatic heterocycles. The van der Waals surface area contributed by atoms with Crippen LogP contribution in [-0.4, -0.2) is 21.5 Å². The molecule has 0 saturated heterocycles. The normalized spacial score (nSPS) is 10.7. The van der Waals surface area contributed by atoms with E-state index in [-0.39, 0.29) is 18.2 Å². The van der Waals surface area contributed by atoms with Crippen LogP contribution in [0.4, 0.5) is 0 Å². The predicted molar refractivity (Wildman–Crippen MR) is 123 cm³/mol. The van der Waals surface area contributed by atoms with Crippen molar-refractivity contribution in [1.82, 2.24) is 15.0 Å². The van der Waals surface area contributed by atoms with Crippen molar-refractivity contribution < 1.29 is 9.59 Å². The fraction of sp³-hybridized carbons (Fsp3) is 0.120. The highest BCUT2D eigenvalue weighted by molar-refractivity contribution is 6.00. The minimum absolute atomic E-state index is 0.153. The predicted octanol–water partition coefficient (Wildman–Crippen LogP) is 2.95. The van der Waals surface area contributed by atoms with Crippen LogP contribution in [0.3, 0.4) is 0 Å². The van der Waals surface area contributed by atoms with E-state index in [1.54, 1.807) is 36.4 Å². The highest BCUT2D eigenvalue weighted by Crippen LogP contribution is 2.09. The first-order valence-electron chi connectivity index (χ1n) is 10.2. The zero-order chi connectivity index (χ0) is 22.5. The molecular weight excluding hydrogens is 404 g/mol. The van der Waals surface area contributed by atoms with Gasteiger partial charge in [-0.2, -0.15) is 0 Å². The average Bonchev–Trinajstić information content (AvgIpc) is 2.81. The minimum atomic E-state index is -0.463. The molecule has 0 bridgehead atoms. The Morgan fingerprint density at radius 2 is 1.59 bits per heavy atom. The number of hydrogen-bond acceptors (Lipinski definition) is 4. The molecule has 0 fully saturated rings. The molecule has 4 rings (SSSR count). The number of carbonyl (C=O) groups is 2. The molecule has 0 radical (unpaired) electrons. The number of amides is 2. The van der Waals surface area contributed by atoms with E-state index >= 15 is 0 Å². The number of hydrogen-bond donors (Lipinski definition) is 2. The lowest BCUT2D eigenvalue weighted by Crippen LogP contribution is -2.38. The number of nitrogens with zero attached hydrogens (tertiary/aromatic N) is 2. The molecule has 4 aromatic rings. The summed E-state index contributed by atoms with van der Waals surface area (Å²) in [5, 5.41) is 3.18. The number of aromatic nitrogens is 2. The topological polar surface area (TPSA) is 93.1 Å². The molecular formula is C25H22N4O3. The van der Waals surface area contributed by atoms with Crippen molar-refractivity contribution in [3.05, 3.63) is 112 Å².